The van der Waals surface area contributed by atoms with E-state index >= 15 is 0 Å². The summed E-state index contributed by atoms with van der Waals surface area (Å²) in [6.07, 6.45) is 2.57. The predicted molar refractivity (Wildman–Crippen MR) is 94.2 cm³/mol. The molecule has 0 aliphatic carbocycles. The molecule has 1 aliphatic heterocycles. The lowest BCUT2D eigenvalue weighted by Crippen LogP contribution is -2.33. The molecule has 0 aromatic carbocycles. The van der Waals surface area contributed by atoms with Crippen LogP contribution in [0.25, 0.3) is 10.6 Å². The van der Waals surface area contributed by atoms with Gasteiger partial charge in [-0.15, -0.1) is 23.1 Å². The molecule has 1 aliphatic rings. The first-order valence-electron chi connectivity index (χ1n) is 7.76. The second-order valence-corrected chi connectivity index (χ2v) is 7.77. The molecule has 0 N–H and O–H groups in total. The maximum absolute atomic E-state index is 12.7. The zero-order valence-corrected chi connectivity index (χ0v) is 14.5. The van der Waals surface area contributed by atoms with E-state index in [1.807, 2.05) is 46.3 Å². The van der Waals surface area contributed by atoms with Gasteiger partial charge in [-0.05, 0) is 30.0 Å². The van der Waals surface area contributed by atoms with Crippen molar-refractivity contribution in [1.82, 2.24) is 10.1 Å². The van der Waals surface area contributed by atoms with Gasteiger partial charge < -0.3 is 13.8 Å². The summed E-state index contributed by atoms with van der Waals surface area (Å²) >= 11 is 3.40. The average molecular weight is 360 g/mol. The lowest BCUT2D eigenvalue weighted by Gasteiger charge is -2.18. The van der Waals surface area contributed by atoms with Crippen LogP contribution < -0.4 is 0 Å². The van der Waals surface area contributed by atoms with Crippen molar-refractivity contribution in [1.29, 1.82) is 0 Å². The Hall–Kier alpha value is -1.99. The van der Waals surface area contributed by atoms with Crippen LogP contribution in [0.15, 0.2) is 50.9 Å². The van der Waals surface area contributed by atoms with Crippen molar-refractivity contribution in [2.45, 2.75) is 11.7 Å². The van der Waals surface area contributed by atoms with Crippen molar-refractivity contribution in [3.8, 4) is 10.6 Å². The number of thiophene rings is 1. The normalized spacial score (nSPS) is 18.5. The fourth-order valence-electron chi connectivity index (χ4n) is 2.75. The molecule has 1 fully saturated rings. The number of furan rings is 1. The average Bonchev–Trinajstić information content (AvgIpc) is 3.33. The molecule has 1 amide bonds. The number of thioether (sulfide) groups is 1. The number of amides is 1. The topological polar surface area (TPSA) is 59.5 Å². The number of rotatable bonds is 3. The van der Waals surface area contributed by atoms with Crippen molar-refractivity contribution in [3.05, 3.63) is 53.4 Å². The standard InChI is InChI=1S/C17H16N2O3S2/c20-17(12-11-14(22-18-12)15-4-2-9-23-15)19-6-5-16(24-10-7-19)13-3-1-8-21-13/h1-4,8-9,11,16H,5-7,10H2/t16-/m0/s1. The molecule has 4 rings (SSSR count). The van der Waals surface area contributed by atoms with Gasteiger partial charge in [-0.2, -0.15) is 0 Å². The van der Waals surface area contributed by atoms with Gasteiger partial charge in [0.05, 0.1) is 16.4 Å². The predicted octanol–water partition coefficient (Wildman–Crippen LogP) is 4.32. The zero-order chi connectivity index (χ0) is 16.4. The monoisotopic (exact) mass is 360 g/mol. The van der Waals surface area contributed by atoms with Crippen molar-refractivity contribution in [3.63, 3.8) is 0 Å². The zero-order valence-electron chi connectivity index (χ0n) is 12.9. The minimum Gasteiger partial charge on any atom is -0.468 e. The first-order valence-corrected chi connectivity index (χ1v) is 9.69. The molecule has 4 heterocycles. The summed E-state index contributed by atoms with van der Waals surface area (Å²) in [4.78, 5) is 15.5. The van der Waals surface area contributed by atoms with Crippen molar-refractivity contribution in [2.24, 2.45) is 0 Å². The quantitative estimate of drug-likeness (QED) is 0.696. The van der Waals surface area contributed by atoms with E-state index in [2.05, 4.69) is 5.16 Å². The number of carbonyl (C=O) groups is 1. The molecular formula is C17H16N2O3S2. The highest BCUT2D eigenvalue weighted by Crippen LogP contribution is 2.35. The second kappa shape index (κ2) is 6.86. The molecule has 3 aromatic heterocycles. The molecule has 0 bridgehead atoms. The van der Waals surface area contributed by atoms with Crippen LogP contribution in [0.1, 0.15) is 27.9 Å². The molecule has 3 aromatic rings. The maximum atomic E-state index is 12.7. The largest absolute Gasteiger partial charge is 0.468 e. The van der Waals surface area contributed by atoms with Gasteiger partial charge in [-0.1, -0.05) is 11.2 Å². The first-order chi connectivity index (χ1) is 11.8. The third kappa shape index (κ3) is 3.14. The number of hydrogen-bond acceptors (Lipinski definition) is 6. The van der Waals surface area contributed by atoms with Crippen molar-refractivity contribution >= 4 is 29.0 Å². The molecule has 0 radical (unpaired) electrons. The third-order valence-electron chi connectivity index (χ3n) is 3.98. The van der Waals surface area contributed by atoms with E-state index in [4.69, 9.17) is 8.94 Å². The molecule has 5 nitrogen and oxygen atoms in total. The van der Waals surface area contributed by atoms with Gasteiger partial charge in [0.2, 0.25) is 0 Å². The number of carbonyl (C=O) groups excluding carboxylic acids is 1. The summed E-state index contributed by atoms with van der Waals surface area (Å²) in [5, 5.41) is 6.24. The van der Waals surface area contributed by atoms with E-state index in [1.165, 1.54) is 0 Å². The van der Waals surface area contributed by atoms with E-state index in [1.54, 1.807) is 23.7 Å². The maximum Gasteiger partial charge on any atom is 0.276 e. The van der Waals surface area contributed by atoms with Gasteiger partial charge in [-0.3, -0.25) is 4.79 Å². The Balaban J connectivity index is 1.45. The van der Waals surface area contributed by atoms with Crippen molar-refractivity contribution in [2.75, 3.05) is 18.8 Å². The van der Waals surface area contributed by atoms with Gasteiger partial charge >= 0.3 is 0 Å². The Kier molecular flexibility index (Phi) is 4.44. The molecule has 24 heavy (non-hydrogen) atoms. The Labute approximate surface area is 147 Å². The summed E-state index contributed by atoms with van der Waals surface area (Å²) in [6, 6.07) is 9.54. The number of hydrogen-bond donors (Lipinski definition) is 0. The van der Waals surface area contributed by atoms with Crippen molar-refractivity contribution < 1.29 is 13.7 Å². The van der Waals surface area contributed by atoms with Crippen LogP contribution in [0.4, 0.5) is 0 Å². The molecule has 7 heteroatoms. The lowest BCUT2D eigenvalue weighted by molar-refractivity contribution is 0.0755. The Morgan fingerprint density at radius 1 is 1.29 bits per heavy atom. The highest BCUT2D eigenvalue weighted by molar-refractivity contribution is 7.99. The fraction of sp³-hybridized carbons (Fsp3) is 0.294. The van der Waals surface area contributed by atoms with Gasteiger partial charge in [0.1, 0.15) is 5.76 Å². The van der Waals surface area contributed by atoms with E-state index in [-0.39, 0.29) is 5.91 Å². The minimum absolute atomic E-state index is 0.0674. The number of nitrogens with zero attached hydrogens (tertiary/aromatic N) is 2. The third-order valence-corrected chi connectivity index (χ3v) is 6.16. The molecular weight excluding hydrogens is 344 g/mol. The summed E-state index contributed by atoms with van der Waals surface area (Å²) < 4.78 is 10.8. The minimum atomic E-state index is -0.0674. The SMILES string of the molecule is O=C(c1cc(-c2cccs2)on1)N1CCS[C@H](c2ccco2)CC1. The molecule has 124 valence electrons. The summed E-state index contributed by atoms with van der Waals surface area (Å²) in [5.41, 5.74) is 0.375. The summed E-state index contributed by atoms with van der Waals surface area (Å²) in [5.74, 6) is 2.44. The van der Waals surface area contributed by atoms with Gasteiger partial charge in [0.15, 0.2) is 11.5 Å². The lowest BCUT2D eigenvalue weighted by atomic mass is 10.2. The molecule has 1 atom stereocenters. The van der Waals surface area contributed by atoms with E-state index in [0.29, 0.717) is 29.8 Å². The highest BCUT2D eigenvalue weighted by atomic mass is 32.2. The Bertz CT molecular complexity index is 796. The smallest absolute Gasteiger partial charge is 0.276 e. The van der Waals surface area contributed by atoms with Crippen LogP contribution in [-0.2, 0) is 0 Å². The number of aromatic nitrogens is 1. The van der Waals surface area contributed by atoms with Gasteiger partial charge in [0.25, 0.3) is 5.91 Å². The first kappa shape index (κ1) is 15.5. The van der Waals surface area contributed by atoms with Gasteiger partial charge in [0, 0.05) is 24.9 Å². The second-order valence-electron chi connectivity index (χ2n) is 5.51. The Morgan fingerprint density at radius 2 is 2.25 bits per heavy atom. The molecule has 0 saturated carbocycles. The highest BCUT2D eigenvalue weighted by Gasteiger charge is 2.26. The molecule has 0 unspecified atom stereocenters. The van der Waals surface area contributed by atoms with Crippen LogP contribution in [0.2, 0.25) is 0 Å². The van der Waals surface area contributed by atoms with E-state index < -0.39 is 0 Å². The summed E-state index contributed by atoms with van der Waals surface area (Å²) in [6.45, 7) is 1.40. The van der Waals surface area contributed by atoms with E-state index in [0.717, 1.165) is 22.8 Å². The van der Waals surface area contributed by atoms with Crippen LogP contribution in [0.5, 0.6) is 0 Å². The van der Waals surface area contributed by atoms with Gasteiger partial charge in [-0.25, -0.2) is 0 Å². The molecule has 1 saturated heterocycles. The fourth-order valence-corrected chi connectivity index (χ4v) is 4.60. The van der Waals surface area contributed by atoms with Crippen LogP contribution in [-0.4, -0.2) is 34.8 Å². The summed E-state index contributed by atoms with van der Waals surface area (Å²) in [7, 11) is 0. The van der Waals surface area contributed by atoms with Crippen LogP contribution in [0.3, 0.4) is 0 Å². The Morgan fingerprint density at radius 3 is 3.04 bits per heavy atom. The van der Waals surface area contributed by atoms with E-state index in [9.17, 15) is 4.79 Å². The van der Waals surface area contributed by atoms with Crippen LogP contribution in [0, 0.1) is 0 Å². The molecule has 0 spiro atoms. The van der Waals surface area contributed by atoms with Crippen LogP contribution >= 0.6 is 23.1 Å².